The summed E-state index contributed by atoms with van der Waals surface area (Å²) in [6, 6.07) is 0.212. The highest BCUT2D eigenvalue weighted by atomic mass is 16.2. The van der Waals surface area contributed by atoms with E-state index >= 15 is 0 Å². The third kappa shape index (κ3) is 1.89. The molecule has 1 saturated heterocycles. The predicted molar refractivity (Wildman–Crippen MR) is 60.4 cm³/mol. The zero-order valence-electron chi connectivity index (χ0n) is 9.67. The van der Waals surface area contributed by atoms with E-state index < -0.39 is 0 Å². The minimum absolute atomic E-state index is 0.0237. The highest BCUT2D eigenvalue weighted by molar-refractivity contribution is 5.83. The van der Waals surface area contributed by atoms with E-state index in [0.717, 1.165) is 38.8 Å². The van der Waals surface area contributed by atoms with Gasteiger partial charge in [-0.2, -0.15) is 0 Å². The van der Waals surface area contributed by atoms with Crippen molar-refractivity contribution in [1.29, 1.82) is 0 Å². The quantitative estimate of drug-likeness (QED) is 0.751. The third-order valence-corrected chi connectivity index (χ3v) is 4.20. The van der Waals surface area contributed by atoms with Crippen LogP contribution in [-0.2, 0) is 4.79 Å². The molecular weight excluding hydrogens is 188 g/mol. The molecule has 1 atom stereocenters. The van der Waals surface area contributed by atoms with Gasteiger partial charge in [0, 0.05) is 24.5 Å². The fourth-order valence-electron chi connectivity index (χ4n) is 3.08. The molecule has 15 heavy (non-hydrogen) atoms. The second kappa shape index (κ2) is 4.12. The minimum atomic E-state index is -0.0237. The van der Waals surface area contributed by atoms with Crippen molar-refractivity contribution in [3.05, 3.63) is 0 Å². The van der Waals surface area contributed by atoms with Crippen LogP contribution in [0.25, 0.3) is 0 Å². The van der Waals surface area contributed by atoms with Gasteiger partial charge < -0.3 is 10.6 Å². The summed E-state index contributed by atoms with van der Waals surface area (Å²) < 4.78 is 0. The van der Waals surface area contributed by atoms with Crippen LogP contribution in [0, 0.1) is 5.41 Å². The third-order valence-electron chi connectivity index (χ3n) is 4.20. The van der Waals surface area contributed by atoms with Gasteiger partial charge in [0.25, 0.3) is 0 Å². The standard InChI is InChI=1S/C12H22N2O/c1-2-12(6-3-4-7-12)11(15)14-8-5-10(13)9-14/h10H,2-9,13H2,1H3/t10-/m0/s1. The van der Waals surface area contributed by atoms with Crippen molar-refractivity contribution in [1.82, 2.24) is 4.90 Å². The lowest BCUT2D eigenvalue weighted by Gasteiger charge is -2.31. The molecule has 1 aliphatic carbocycles. The Bertz CT molecular complexity index is 246. The van der Waals surface area contributed by atoms with E-state index in [1.54, 1.807) is 0 Å². The molecule has 2 N–H and O–H groups in total. The van der Waals surface area contributed by atoms with Gasteiger partial charge in [0.2, 0.25) is 5.91 Å². The summed E-state index contributed by atoms with van der Waals surface area (Å²) in [5.41, 5.74) is 5.83. The van der Waals surface area contributed by atoms with Gasteiger partial charge in [0.1, 0.15) is 0 Å². The maximum absolute atomic E-state index is 12.4. The lowest BCUT2D eigenvalue weighted by Crippen LogP contribution is -2.42. The molecule has 2 fully saturated rings. The summed E-state index contributed by atoms with van der Waals surface area (Å²) in [7, 11) is 0. The summed E-state index contributed by atoms with van der Waals surface area (Å²) >= 11 is 0. The normalized spacial score (nSPS) is 29.7. The van der Waals surface area contributed by atoms with Crippen LogP contribution in [0.4, 0.5) is 0 Å². The van der Waals surface area contributed by atoms with Crippen LogP contribution in [0.2, 0.25) is 0 Å². The van der Waals surface area contributed by atoms with Gasteiger partial charge in [0.15, 0.2) is 0 Å². The number of hydrogen-bond acceptors (Lipinski definition) is 2. The molecule has 0 aromatic carbocycles. The average molecular weight is 210 g/mol. The second-order valence-corrected chi connectivity index (χ2v) is 5.14. The Morgan fingerprint density at radius 3 is 2.60 bits per heavy atom. The molecule has 1 saturated carbocycles. The maximum atomic E-state index is 12.4. The first-order valence-corrected chi connectivity index (χ1v) is 6.23. The summed E-state index contributed by atoms with van der Waals surface area (Å²) in [6.45, 7) is 3.81. The largest absolute Gasteiger partial charge is 0.341 e. The van der Waals surface area contributed by atoms with E-state index in [2.05, 4.69) is 6.92 Å². The number of likely N-dealkylation sites (tertiary alicyclic amines) is 1. The topological polar surface area (TPSA) is 46.3 Å². The second-order valence-electron chi connectivity index (χ2n) is 5.14. The molecule has 0 radical (unpaired) electrons. The summed E-state index contributed by atoms with van der Waals surface area (Å²) in [5.74, 6) is 0.385. The highest BCUT2D eigenvalue weighted by Gasteiger charge is 2.42. The maximum Gasteiger partial charge on any atom is 0.228 e. The Hall–Kier alpha value is -0.570. The SMILES string of the molecule is CCC1(C(=O)N2CC[C@H](N)C2)CCCC1. The zero-order chi connectivity index (χ0) is 10.9. The minimum Gasteiger partial charge on any atom is -0.341 e. The Labute approximate surface area is 92.0 Å². The first kappa shape index (κ1) is 10.9. The molecule has 1 aliphatic heterocycles. The molecule has 0 spiro atoms. The van der Waals surface area contributed by atoms with Crippen molar-refractivity contribution in [3.63, 3.8) is 0 Å². The van der Waals surface area contributed by atoms with Crippen molar-refractivity contribution in [2.75, 3.05) is 13.1 Å². The molecule has 0 unspecified atom stereocenters. The average Bonchev–Trinajstić information content (AvgIpc) is 2.86. The molecule has 1 heterocycles. The predicted octanol–water partition coefficient (Wildman–Crippen LogP) is 1.52. The summed E-state index contributed by atoms with van der Waals surface area (Å²) in [5, 5.41) is 0. The number of nitrogens with zero attached hydrogens (tertiary/aromatic N) is 1. The first-order valence-electron chi connectivity index (χ1n) is 6.23. The van der Waals surface area contributed by atoms with E-state index in [1.807, 2.05) is 4.90 Å². The van der Waals surface area contributed by atoms with Crippen molar-refractivity contribution in [2.45, 2.75) is 51.5 Å². The Kier molecular flexibility index (Phi) is 3.01. The number of nitrogens with two attached hydrogens (primary N) is 1. The zero-order valence-corrected chi connectivity index (χ0v) is 9.67. The van der Waals surface area contributed by atoms with E-state index in [4.69, 9.17) is 5.73 Å². The monoisotopic (exact) mass is 210 g/mol. The summed E-state index contributed by atoms with van der Waals surface area (Å²) in [6.07, 6.45) is 6.60. The van der Waals surface area contributed by atoms with Crippen LogP contribution in [0.5, 0.6) is 0 Å². The van der Waals surface area contributed by atoms with Gasteiger partial charge >= 0.3 is 0 Å². The van der Waals surface area contributed by atoms with Crippen LogP contribution in [-0.4, -0.2) is 29.9 Å². The Morgan fingerprint density at radius 2 is 2.13 bits per heavy atom. The van der Waals surface area contributed by atoms with Gasteiger partial charge in [-0.1, -0.05) is 19.8 Å². The van der Waals surface area contributed by atoms with Gasteiger partial charge in [0.05, 0.1) is 0 Å². The lowest BCUT2D eigenvalue weighted by molar-refractivity contribution is -0.141. The van der Waals surface area contributed by atoms with Gasteiger partial charge in [-0.3, -0.25) is 4.79 Å². The van der Waals surface area contributed by atoms with Crippen LogP contribution in [0.15, 0.2) is 0 Å². The number of carbonyl (C=O) groups excluding carboxylic acids is 1. The van der Waals surface area contributed by atoms with Gasteiger partial charge in [-0.15, -0.1) is 0 Å². The van der Waals surface area contributed by atoms with E-state index in [9.17, 15) is 4.79 Å². The smallest absolute Gasteiger partial charge is 0.228 e. The van der Waals surface area contributed by atoms with E-state index in [-0.39, 0.29) is 11.5 Å². The number of rotatable bonds is 2. The number of hydrogen-bond donors (Lipinski definition) is 1. The summed E-state index contributed by atoms with van der Waals surface area (Å²) in [4.78, 5) is 14.4. The van der Waals surface area contributed by atoms with Crippen molar-refractivity contribution >= 4 is 5.91 Å². The van der Waals surface area contributed by atoms with Crippen molar-refractivity contribution in [2.24, 2.45) is 11.1 Å². The Morgan fingerprint density at radius 1 is 1.47 bits per heavy atom. The Balaban J connectivity index is 2.05. The fraction of sp³-hybridized carbons (Fsp3) is 0.917. The van der Waals surface area contributed by atoms with Gasteiger partial charge in [-0.25, -0.2) is 0 Å². The molecule has 86 valence electrons. The van der Waals surface area contributed by atoms with E-state index in [0.29, 0.717) is 5.91 Å². The molecule has 1 amide bonds. The molecular formula is C12H22N2O. The number of amides is 1. The number of carbonyl (C=O) groups is 1. The van der Waals surface area contributed by atoms with Crippen LogP contribution in [0.3, 0.4) is 0 Å². The molecule has 3 nitrogen and oxygen atoms in total. The fourth-order valence-corrected chi connectivity index (χ4v) is 3.08. The van der Waals surface area contributed by atoms with Gasteiger partial charge in [-0.05, 0) is 25.7 Å². The van der Waals surface area contributed by atoms with Crippen molar-refractivity contribution < 1.29 is 4.79 Å². The highest BCUT2D eigenvalue weighted by Crippen LogP contribution is 2.42. The molecule has 2 rings (SSSR count). The molecule has 0 aromatic heterocycles. The molecule has 3 heteroatoms. The van der Waals surface area contributed by atoms with E-state index in [1.165, 1.54) is 12.8 Å². The molecule has 2 aliphatic rings. The molecule has 0 bridgehead atoms. The van der Waals surface area contributed by atoms with Crippen LogP contribution >= 0.6 is 0 Å². The first-order chi connectivity index (χ1) is 7.18. The lowest BCUT2D eigenvalue weighted by atomic mass is 9.82. The van der Waals surface area contributed by atoms with Crippen molar-refractivity contribution in [3.8, 4) is 0 Å². The van der Waals surface area contributed by atoms with Crippen LogP contribution < -0.4 is 5.73 Å². The molecule has 0 aromatic rings. The van der Waals surface area contributed by atoms with Crippen LogP contribution in [0.1, 0.15) is 45.4 Å².